The van der Waals surface area contributed by atoms with Crippen LogP contribution in [0.1, 0.15) is 74.1 Å². The van der Waals surface area contributed by atoms with Gasteiger partial charge in [-0.15, -0.1) is 0 Å². The molecule has 14 heteroatoms. The average molecular weight is 635 g/mol. The predicted molar refractivity (Wildman–Crippen MR) is 171 cm³/mol. The maximum atomic E-state index is 13.2. The molecule has 2 aromatic heterocycles. The molecule has 2 amide bonds. The van der Waals surface area contributed by atoms with Gasteiger partial charge in [-0.2, -0.15) is 0 Å². The van der Waals surface area contributed by atoms with E-state index in [4.69, 9.17) is 5.73 Å². The minimum atomic E-state index is -0.660. The highest BCUT2D eigenvalue weighted by Crippen LogP contribution is 2.37. The summed E-state index contributed by atoms with van der Waals surface area (Å²) in [6.07, 6.45) is 5.15. The van der Waals surface area contributed by atoms with Crippen molar-refractivity contribution in [2.45, 2.75) is 51.6 Å². The number of nitrogen functional groups attached to an aromatic ring is 1. The maximum absolute atomic E-state index is 13.2. The van der Waals surface area contributed by atoms with Gasteiger partial charge < -0.3 is 21.3 Å². The third-order valence-electron chi connectivity index (χ3n) is 8.99. The summed E-state index contributed by atoms with van der Waals surface area (Å²) in [5, 5.41) is 9.64. The molecule has 5 N–H and O–H groups in total. The second-order valence-corrected chi connectivity index (χ2v) is 11.8. The number of carbonyl (C=O) groups excluding carboxylic acids is 2. The van der Waals surface area contributed by atoms with Gasteiger partial charge in [-0.3, -0.25) is 28.7 Å². The number of nitrogens with zero attached hydrogens (tertiary/aromatic N) is 4. The number of rotatable bonds is 7. The molecular formula is C33H30N8O6. The Kier molecular flexibility index (Phi) is 7.46. The van der Waals surface area contributed by atoms with Crippen LogP contribution in [0.2, 0.25) is 0 Å². The number of anilines is 3. The Morgan fingerprint density at radius 2 is 1.83 bits per heavy atom. The summed E-state index contributed by atoms with van der Waals surface area (Å²) >= 11 is 0. The molecule has 0 spiro atoms. The van der Waals surface area contributed by atoms with Gasteiger partial charge in [0.15, 0.2) is 5.82 Å². The van der Waals surface area contributed by atoms with Crippen LogP contribution in [0.15, 0.2) is 61.6 Å². The Labute approximate surface area is 266 Å². The zero-order valence-corrected chi connectivity index (χ0v) is 25.4. The lowest BCUT2D eigenvalue weighted by Crippen LogP contribution is -2.41. The monoisotopic (exact) mass is 634 g/mol. The van der Waals surface area contributed by atoms with Gasteiger partial charge in [0.2, 0.25) is 0 Å². The van der Waals surface area contributed by atoms with E-state index in [0.29, 0.717) is 18.8 Å². The largest absolute Gasteiger partial charge is 0.439 e. The molecule has 238 valence electrons. The molecule has 14 nitrogen and oxygen atoms in total. The highest BCUT2D eigenvalue weighted by atomic mass is 16.5. The topological polar surface area (TPSA) is 206 Å². The molecule has 5 aromatic rings. The fourth-order valence-corrected chi connectivity index (χ4v) is 6.53. The number of hydrogen-bond acceptors (Lipinski definition) is 11. The zero-order chi connectivity index (χ0) is 32.8. The molecule has 47 heavy (non-hydrogen) atoms. The number of aryl methyl sites for hydroxylation is 1. The molecule has 0 unspecified atom stereocenters. The quantitative estimate of drug-likeness (QED) is 0.191. The van der Waals surface area contributed by atoms with Crippen molar-refractivity contribution in [1.82, 2.24) is 30.7 Å². The van der Waals surface area contributed by atoms with E-state index in [9.17, 15) is 24.0 Å². The number of hydrogen-bond donors (Lipinski definition) is 4. The van der Waals surface area contributed by atoms with Gasteiger partial charge in [-0.05, 0) is 72.9 Å². The van der Waals surface area contributed by atoms with E-state index in [1.165, 1.54) is 12.4 Å². The Morgan fingerprint density at radius 1 is 1.02 bits per heavy atom. The number of nitrogens with one attached hydrogen (secondary N) is 3. The summed E-state index contributed by atoms with van der Waals surface area (Å²) in [5.74, 6) is -1.20. The van der Waals surface area contributed by atoms with Crippen LogP contribution in [0.5, 0.6) is 0 Å². The first-order valence-corrected chi connectivity index (χ1v) is 15.3. The van der Waals surface area contributed by atoms with E-state index in [2.05, 4.69) is 35.3 Å². The molecule has 0 bridgehead atoms. The van der Waals surface area contributed by atoms with Crippen molar-refractivity contribution in [1.29, 1.82) is 0 Å². The molecule has 3 aromatic carbocycles. The summed E-state index contributed by atoms with van der Waals surface area (Å²) in [4.78, 5) is 74.4. The van der Waals surface area contributed by atoms with Crippen molar-refractivity contribution in [2.24, 2.45) is 0 Å². The highest BCUT2D eigenvalue weighted by molar-refractivity contribution is 5.97. The fourth-order valence-electron chi connectivity index (χ4n) is 6.53. The summed E-state index contributed by atoms with van der Waals surface area (Å²) in [7, 11) is 0. The standard InChI is InChI=1S/C33H30N8O6/c1-16-19-9-10-22(21(19)8-7-20(16)30-39-33(46)47-40-30)38-32(45)24-13-23(36-15-37-24)31(44)35-14-17-5-6-18-4-2-3-11-41(25(18)12-17)27-26(34)28(42)29(27)43/h5-8,12-13,15,22H,2-4,9-11,14,34H2,1H3,(H,35,44)(H,38,45)(H,39,40,46)/t22-/m0/s1. The van der Waals surface area contributed by atoms with Gasteiger partial charge in [0, 0.05) is 30.4 Å². The van der Waals surface area contributed by atoms with Gasteiger partial charge in [-0.25, -0.2) is 14.8 Å². The van der Waals surface area contributed by atoms with Gasteiger partial charge in [0.1, 0.15) is 29.1 Å². The van der Waals surface area contributed by atoms with Crippen molar-refractivity contribution in [3.8, 4) is 11.4 Å². The smallest absolute Gasteiger partial charge is 0.394 e. The van der Waals surface area contributed by atoms with Crippen LogP contribution in [0.3, 0.4) is 0 Å². The lowest BCUT2D eigenvalue weighted by molar-refractivity contribution is 0.0931. The van der Waals surface area contributed by atoms with E-state index in [-0.39, 0.29) is 35.3 Å². The van der Waals surface area contributed by atoms with Crippen LogP contribution in [0.25, 0.3) is 11.4 Å². The number of carbonyl (C=O) groups is 2. The van der Waals surface area contributed by atoms with Crippen LogP contribution < -0.4 is 37.9 Å². The van der Waals surface area contributed by atoms with Crippen LogP contribution in [0.4, 0.5) is 17.1 Å². The second-order valence-electron chi connectivity index (χ2n) is 11.8. The molecule has 0 fully saturated rings. The molecule has 0 saturated heterocycles. The normalized spacial score (nSPS) is 15.6. The third kappa shape index (κ3) is 5.37. The molecule has 1 aliphatic heterocycles. The summed E-state index contributed by atoms with van der Waals surface area (Å²) < 4.78 is 4.65. The first kappa shape index (κ1) is 29.8. The summed E-state index contributed by atoms with van der Waals surface area (Å²) in [6.45, 7) is 2.66. The Bertz CT molecular complexity index is 2190. The van der Waals surface area contributed by atoms with Crippen molar-refractivity contribution < 1.29 is 14.1 Å². The van der Waals surface area contributed by atoms with Gasteiger partial charge >= 0.3 is 5.76 Å². The minimum absolute atomic E-state index is 0.0203. The SMILES string of the molecule is Cc1c(-c2noc(=O)[nH]2)ccc2c1CC[C@@H]2NC(=O)c1cc(C(=O)NCc2ccc3c(c2)N(c2c(N)c(=O)c2=O)CCCC3)ncn1. The zero-order valence-electron chi connectivity index (χ0n) is 25.4. The minimum Gasteiger partial charge on any atom is -0.394 e. The number of nitrogens with two attached hydrogens (primary N) is 1. The molecular weight excluding hydrogens is 604 g/mol. The van der Waals surface area contributed by atoms with Crippen LogP contribution in [-0.2, 0) is 19.4 Å². The first-order chi connectivity index (χ1) is 22.7. The molecule has 3 heterocycles. The molecule has 1 atom stereocenters. The number of benzene rings is 2. The lowest BCUT2D eigenvalue weighted by atomic mass is 9.97. The van der Waals surface area contributed by atoms with E-state index in [1.54, 1.807) is 0 Å². The molecule has 7 rings (SSSR count). The number of H-pyrrole nitrogens is 1. The van der Waals surface area contributed by atoms with Crippen LogP contribution in [-0.4, -0.2) is 38.5 Å². The highest BCUT2D eigenvalue weighted by Gasteiger charge is 2.29. The van der Waals surface area contributed by atoms with E-state index < -0.39 is 28.4 Å². The number of aromatic amines is 1. The Hall–Kier alpha value is -5.92. The van der Waals surface area contributed by atoms with Crippen molar-refractivity contribution in [2.75, 3.05) is 17.2 Å². The second kappa shape index (κ2) is 11.8. The summed E-state index contributed by atoms with van der Waals surface area (Å²) in [5.41, 5.74) is 11.3. The molecule has 2 aliphatic rings. The van der Waals surface area contributed by atoms with Crippen molar-refractivity contribution >= 4 is 28.9 Å². The summed E-state index contributed by atoms with van der Waals surface area (Å²) in [6, 6.07) is 10.6. The maximum Gasteiger partial charge on any atom is 0.439 e. The van der Waals surface area contributed by atoms with Crippen LogP contribution in [0, 0.1) is 6.92 Å². The van der Waals surface area contributed by atoms with Gasteiger partial charge in [0.05, 0.1) is 6.04 Å². The predicted octanol–water partition coefficient (Wildman–Crippen LogP) is 2.13. The number of fused-ring (bicyclic) bond motifs is 2. The van der Waals surface area contributed by atoms with E-state index >= 15 is 0 Å². The number of aromatic nitrogens is 4. The van der Waals surface area contributed by atoms with E-state index in [1.807, 2.05) is 42.2 Å². The van der Waals surface area contributed by atoms with Gasteiger partial charge in [0.25, 0.3) is 22.7 Å². The number of amides is 2. The molecule has 0 radical (unpaired) electrons. The fraction of sp³-hybridized carbons (Fsp3) is 0.273. The van der Waals surface area contributed by atoms with Crippen molar-refractivity contribution in [3.05, 3.63) is 113 Å². The Balaban J connectivity index is 1.03. The van der Waals surface area contributed by atoms with Crippen LogP contribution >= 0.6 is 0 Å². The van der Waals surface area contributed by atoms with E-state index in [0.717, 1.165) is 64.8 Å². The van der Waals surface area contributed by atoms with Gasteiger partial charge in [-0.1, -0.05) is 29.4 Å². The first-order valence-electron chi connectivity index (χ1n) is 15.3. The average Bonchev–Trinajstić information content (AvgIpc) is 3.65. The third-order valence-corrected chi connectivity index (χ3v) is 8.99. The molecule has 1 aliphatic carbocycles. The lowest BCUT2D eigenvalue weighted by Gasteiger charge is -2.27. The molecule has 0 saturated carbocycles. The Morgan fingerprint density at radius 3 is 2.60 bits per heavy atom. The van der Waals surface area contributed by atoms with Crippen molar-refractivity contribution in [3.63, 3.8) is 0 Å².